The number of nitrogens with zero attached hydrogens (tertiary/aromatic N) is 12. The van der Waals surface area contributed by atoms with Gasteiger partial charge in [0.15, 0.2) is 36.4 Å². The first-order valence-electron chi connectivity index (χ1n) is 18.4. The number of hydrogen-bond donors (Lipinski definition) is 0. The van der Waals surface area contributed by atoms with E-state index in [1.807, 2.05) is 120 Å². The van der Waals surface area contributed by atoms with E-state index in [-0.39, 0.29) is 19.5 Å². The maximum atomic E-state index is 9.22. The van der Waals surface area contributed by atoms with Gasteiger partial charge in [-0.3, -0.25) is 16.7 Å². The molecule has 0 aliphatic carbocycles. The largest absolute Gasteiger partial charge is 2.00 e. The van der Waals surface area contributed by atoms with Crippen LogP contribution in [0.4, 0.5) is 0 Å². The second kappa shape index (κ2) is 22.2. The van der Waals surface area contributed by atoms with Crippen LogP contribution in [0.1, 0.15) is 0 Å². The van der Waals surface area contributed by atoms with Crippen molar-refractivity contribution >= 4 is 86.0 Å². The Kier molecular flexibility index (Phi) is 17.9. The molecule has 0 amide bonds. The first kappa shape index (κ1) is 55.7. The second-order valence-electron chi connectivity index (χ2n) is 13.3. The molecule has 0 spiro atoms. The van der Waals surface area contributed by atoms with Gasteiger partial charge in [0.2, 0.25) is 64.0 Å². The summed E-state index contributed by atoms with van der Waals surface area (Å²) >= 11 is 0. The van der Waals surface area contributed by atoms with Crippen LogP contribution in [0.25, 0.3) is 90.2 Å². The van der Waals surface area contributed by atoms with Crippen molar-refractivity contribution in [3.8, 4) is 45.8 Å². The monoisotopic (exact) mass is 1080 g/mol. The van der Waals surface area contributed by atoms with Crippen molar-refractivity contribution in [3.05, 3.63) is 73.3 Å². The first-order valence-corrected chi connectivity index (χ1v) is 23.7. The van der Waals surface area contributed by atoms with Gasteiger partial charge in [-0.1, -0.05) is 0 Å². The third-order valence-corrected chi connectivity index (χ3v) is 10.7. The number of hydrogen-bond acceptors (Lipinski definition) is 22. The fraction of sp³-hybridized carbons (Fsp3) is 0.222. The Balaban J connectivity index is 0.000000345. The summed E-state index contributed by atoms with van der Waals surface area (Å²) in [5, 5.41) is 1.72. The molecule has 0 fully saturated rings. The van der Waals surface area contributed by atoms with Crippen LogP contribution < -0.4 is 28.2 Å². The van der Waals surface area contributed by atoms with Crippen molar-refractivity contribution in [1.29, 1.82) is 0 Å². The summed E-state index contributed by atoms with van der Waals surface area (Å²) in [6.45, 7) is 0. The summed E-state index contributed by atoms with van der Waals surface area (Å²) in [4.78, 5) is 40.0. The zero-order valence-electron chi connectivity index (χ0n) is 37.2. The van der Waals surface area contributed by atoms with E-state index in [1.54, 1.807) is 0 Å². The summed E-state index contributed by atoms with van der Waals surface area (Å²) in [5.41, 5.74) is 7.17. The maximum Gasteiger partial charge on any atom is 2.00 e. The Labute approximate surface area is 405 Å². The van der Waals surface area contributed by atoms with Gasteiger partial charge in [-0.25, -0.2) is 52.8 Å². The van der Waals surface area contributed by atoms with Gasteiger partial charge in [0.25, 0.3) is 0 Å². The molecule has 7 aromatic rings. The Morgan fingerprint density at radius 2 is 0.681 bits per heavy atom. The van der Waals surface area contributed by atoms with Gasteiger partial charge in [0.1, 0.15) is 28.2 Å². The van der Waals surface area contributed by atoms with Crippen LogP contribution in [0.2, 0.25) is 0 Å². The van der Waals surface area contributed by atoms with Crippen LogP contribution in [0.5, 0.6) is 0 Å². The number of aromatic nitrogens is 12. The van der Waals surface area contributed by atoms with Crippen LogP contribution in [-0.4, -0.2) is 110 Å². The van der Waals surface area contributed by atoms with Gasteiger partial charge in [-0.15, -0.1) is 0 Å². The molecule has 2 aliphatic heterocycles. The van der Waals surface area contributed by atoms with Crippen LogP contribution in [0.15, 0.2) is 73.3 Å². The smallest absolute Gasteiger partial charge is 0.726 e. The van der Waals surface area contributed by atoms with Gasteiger partial charge < -0.3 is 48.1 Å². The molecule has 33 heteroatoms. The van der Waals surface area contributed by atoms with Crippen molar-refractivity contribution in [3.63, 3.8) is 0 Å². The Bertz CT molecular complexity index is 3410. The third-order valence-electron chi connectivity index (χ3n) is 9.04. The van der Waals surface area contributed by atoms with Crippen molar-refractivity contribution in [1.82, 2.24) is 39.9 Å². The van der Waals surface area contributed by atoms with E-state index in [0.717, 1.165) is 72.8 Å². The van der Waals surface area contributed by atoms with Gasteiger partial charge >= 0.3 is 19.5 Å². The molecule has 9 heterocycles. The molecule has 7 aromatic heterocycles. The molecule has 9 rings (SSSR count). The normalized spacial score (nSPS) is 11.8. The molecule has 2 aliphatic rings. The molecule has 0 atom stereocenters. The molecular weight excluding hydrogens is 1050 g/mol. The maximum absolute atomic E-state index is 9.22. The Morgan fingerprint density at radius 1 is 0.420 bits per heavy atom. The molecule has 0 N–H and O–H groups in total. The van der Waals surface area contributed by atoms with Crippen molar-refractivity contribution in [2.45, 2.75) is 0 Å². The zero-order chi connectivity index (χ0) is 50.5. The van der Waals surface area contributed by atoms with E-state index in [0.29, 0.717) is 45.9 Å². The predicted octanol–water partition coefficient (Wildman–Crippen LogP) is -2.21. The van der Waals surface area contributed by atoms with Crippen LogP contribution >= 0.6 is 0 Å². The molecule has 362 valence electrons. The summed E-state index contributed by atoms with van der Waals surface area (Å²) in [6, 6.07) is 15.9. The first-order chi connectivity index (χ1) is 31.7. The van der Waals surface area contributed by atoms with Crippen molar-refractivity contribution in [2.24, 2.45) is 28.2 Å². The summed E-state index contributed by atoms with van der Waals surface area (Å²) in [7, 11) is -6.51. The summed E-state index contributed by atoms with van der Waals surface area (Å²) < 4.78 is 132. The number of rotatable bonds is 4. The van der Waals surface area contributed by atoms with Crippen molar-refractivity contribution in [2.75, 3.05) is 28.4 Å². The van der Waals surface area contributed by atoms with Gasteiger partial charge in [-0.2, -0.15) is 9.13 Å². The van der Waals surface area contributed by atoms with Crippen molar-refractivity contribution < 1.29 is 106 Å². The average Bonchev–Trinajstić information content (AvgIpc) is 4.00. The van der Waals surface area contributed by atoms with Gasteiger partial charge in [0.05, 0.1) is 73.3 Å². The minimum atomic E-state index is -4.41. The number of pyridine rings is 4. The molecule has 8 bridgehead atoms. The van der Waals surface area contributed by atoms with E-state index >= 15 is 0 Å². The fourth-order valence-corrected chi connectivity index (χ4v) is 6.19. The predicted molar refractivity (Wildman–Crippen MR) is 226 cm³/mol. The molecule has 0 aromatic carbocycles. The third kappa shape index (κ3) is 14.1. The van der Waals surface area contributed by atoms with E-state index in [9.17, 15) is 51.9 Å². The second-order valence-corrected chi connectivity index (χ2v) is 17.9. The molecule has 0 radical (unpaired) electrons. The molecule has 69 heavy (non-hydrogen) atoms. The van der Waals surface area contributed by atoms with Gasteiger partial charge in [-0.05, 0) is 24.3 Å². The molecule has 0 unspecified atom stereocenters. The summed E-state index contributed by atoms with van der Waals surface area (Å²) in [5.74, 6) is 2.08. The standard InChI is InChI=1S/C32H24N12.4CH4O4S.Zn/c1-41-13-5-9-17-21(41)29-33-25(17)38-30-23-19(11-7-15-43(23)3)27(35-30)40-32-24-20(12-8-16-44(24)4)28(36-32)39-31-22-18(26(34-31)37-29)10-6-14-42(22)2;4*1-5-6(2,3)4;/h5-16H,1-4H3;4*1H3,(H,2,3,4);/q+2;;;;;+2/p-4. The van der Waals surface area contributed by atoms with E-state index < -0.39 is 41.6 Å². The quantitative estimate of drug-likeness (QED) is 0.0780. The SMILES string of the molecule is COS(=O)(=O)[O-].COS(=O)(=O)[O-].COS(=O)(=O)[O-].COS(=O)(=O)[O-].C[n+]1cccc2c1-c1nc-2nc2[n-]c(nc3nc(nc4[n-]c(n1)c1ccc[n+](C)c41)-c1ccc[n+](C)c1-3)c1ccc[n+](C)c21.[Zn+2]. The van der Waals surface area contributed by atoms with Crippen LogP contribution in [-0.2, 0) is 106 Å². The molecular formula is C36H36N12O16S4Zn. The average molecular weight is 1090 g/mol. The van der Waals surface area contributed by atoms with E-state index in [2.05, 4.69) is 16.7 Å². The fourth-order valence-electron chi connectivity index (χ4n) is 6.19. The Hall–Kier alpha value is -5.94. The van der Waals surface area contributed by atoms with E-state index in [4.69, 9.17) is 39.9 Å². The minimum absolute atomic E-state index is 0. The number of aryl methyl sites for hydroxylation is 4. The van der Waals surface area contributed by atoms with Crippen LogP contribution in [0.3, 0.4) is 0 Å². The number of fused-ring (bicyclic) bond motifs is 20. The topological polar surface area (TPSA) is 387 Å². The van der Waals surface area contributed by atoms with Crippen LogP contribution in [0, 0.1) is 0 Å². The Morgan fingerprint density at radius 3 is 0.971 bits per heavy atom. The molecule has 0 saturated heterocycles. The molecule has 28 nitrogen and oxygen atoms in total. The summed E-state index contributed by atoms with van der Waals surface area (Å²) in [6.07, 6.45) is 7.90. The van der Waals surface area contributed by atoms with Gasteiger partial charge in [0, 0.05) is 35.6 Å². The van der Waals surface area contributed by atoms with E-state index in [1.165, 1.54) is 0 Å². The zero-order valence-corrected chi connectivity index (χ0v) is 43.4. The molecule has 0 saturated carbocycles. The minimum Gasteiger partial charge on any atom is -0.726 e.